The molecule has 1 aromatic carbocycles. The summed E-state index contributed by atoms with van der Waals surface area (Å²) >= 11 is 0. The molecule has 0 amide bonds. The van der Waals surface area contributed by atoms with Crippen molar-refractivity contribution in [2.24, 2.45) is 17.8 Å². The number of methoxy groups -OCH3 is 1. The molecule has 2 aromatic heterocycles. The Kier molecular flexibility index (Phi) is 5.79. The van der Waals surface area contributed by atoms with E-state index < -0.39 is 0 Å². The van der Waals surface area contributed by atoms with Crippen molar-refractivity contribution in [2.75, 3.05) is 20.7 Å². The number of pyridine rings is 1. The molecule has 2 bridgehead atoms. The number of likely N-dealkylation sites (tertiary alicyclic amines) is 1. The Hall–Kier alpha value is -2.99. The van der Waals surface area contributed by atoms with Crippen LogP contribution in [0.2, 0.25) is 0 Å². The van der Waals surface area contributed by atoms with E-state index in [1.807, 2.05) is 30.3 Å². The number of para-hydroxylation sites is 1. The first kappa shape index (κ1) is 21.8. The van der Waals surface area contributed by atoms with E-state index in [4.69, 9.17) is 4.74 Å². The molecule has 0 N–H and O–H groups in total. The van der Waals surface area contributed by atoms with E-state index in [1.165, 1.54) is 7.11 Å². The number of fused-ring (bicyclic) bond motifs is 5. The molecule has 1 fully saturated rings. The zero-order valence-electron chi connectivity index (χ0n) is 19.5. The maximum atomic E-state index is 13.9. The van der Waals surface area contributed by atoms with Gasteiger partial charge >= 0.3 is 5.97 Å². The number of ketones is 1. The van der Waals surface area contributed by atoms with Crippen LogP contribution in [0.25, 0.3) is 10.9 Å². The predicted molar refractivity (Wildman–Crippen MR) is 127 cm³/mol. The Morgan fingerprint density at radius 3 is 2.67 bits per heavy atom. The number of benzene rings is 1. The van der Waals surface area contributed by atoms with Crippen molar-refractivity contribution in [3.63, 3.8) is 0 Å². The smallest absolute Gasteiger partial charge is 0.310 e. The Morgan fingerprint density at radius 1 is 1.15 bits per heavy atom. The van der Waals surface area contributed by atoms with Gasteiger partial charge in [0, 0.05) is 36.1 Å². The normalized spacial score (nSPS) is 25.4. The molecule has 0 spiro atoms. The molecule has 5 rings (SSSR count). The second-order valence-corrected chi connectivity index (χ2v) is 9.47. The first-order chi connectivity index (χ1) is 16.0. The third-order valence-corrected chi connectivity index (χ3v) is 7.79. The fourth-order valence-electron chi connectivity index (χ4n) is 6.21. The molecule has 172 valence electrons. The summed E-state index contributed by atoms with van der Waals surface area (Å²) in [5.74, 6) is -0.0882. The van der Waals surface area contributed by atoms with Crippen LogP contribution in [0.4, 0.5) is 0 Å². The topological polar surface area (TPSA) is 64.4 Å². The molecule has 2 aliphatic rings. The summed E-state index contributed by atoms with van der Waals surface area (Å²) in [5.41, 5.74) is 3.80. The highest BCUT2D eigenvalue weighted by Crippen LogP contribution is 2.43. The van der Waals surface area contributed by atoms with E-state index >= 15 is 0 Å². The van der Waals surface area contributed by atoms with Gasteiger partial charge in [-0.05, 0) is 49.1 Å². The lowest BCUT2D eigenvalue weighted by atomic mass is 9.67. The maximum absolute atomic E-state index is 13.9. The lowest BCUT2D eigenvalue weighted by molar-refractivity contribution is -0.154. The third-order valence-electron chi connectivity index (χ3n) is 7.79. The molecular formula is C27H31N3O3. The monoisotopic (exact) mass is 445 g/mol. The van der Waals surface area contributed by atoms with Crippen LogP contribution < -0.4 is 0 Å². The number of esters is 1. The number of hydrogen-bond donors (Lipinski definition) is 0. The average Bonchev–Trinajstić information content (AvgIpc) is 3.13. The standard InChI is InChI=1S/C27H31N3O3/c1-4-17-15-29(2)23-13-21-19-10-5-6-11-22(19)30(16-18-9-7-8-12-28-18)26(21)24(31)14-20(17)25(23)27(32)33-3/h5-12,17,20,23,25H,4,13-16H2,1-3H3/t17-,20-,23+,25?/m1/s1. The van der Waals surface area contributed by atoms with Crippen LogP contribution in [-0.2, 0) is 22.5 Å². The minimum Gasteiger partial charge on any atom is -0.469 e. The van der Waals surface area contributed by atoms with E-state index in [1.54, 1.807) is 6.20 Å². The first-order valence-electron chi connectivity index (χ1n) is 11.8. The lowest BCUT2D eigenvalue weighted by Crippen LogP contribution is -2.56. The number of likely N-dealkylation sites (N-methyl/N-ethyl adjacent to an activating group) is 1. The van der Waals surface area contributed by atoms with Gasteiger partial charge in [-0.3, -0.25) is 14.6 Å². The molecular weight excluding hydrogens is 414 g/mol. The number of carbonyl (C=O) groups excluding carboxylic acids is 2. The van der Waals surface area contributed by atoms with Gasteiger partial charge in [-0.1, -0.05) is 37.6 Å². The first-order valence-corrected chi connectivity index (χ1v) is 11.8. The van der Waals surface area contributed by atoms with Gasteiger partial charge in [0.05, 0.1) is 31.0 Å². The van der Waals surface area contributed by atoms with Crippen LogP contribution in [0.1, 0.15) is 41.5 Å². The minimum atomic E-state index is -0.297. The molecule has 6 heteroatoms. The van der Waals surface area contributed by atoms with Gasteiger partial charge in [0.25, 0.3) is 0 Å². The number of hydrogen-bond acceptors (Lipinski definition) is 5. The molecule has 1 saturated heterocycles. The SMILES string of the molecule is CC[C@@H]1CN(C)[C@H]2Cc3c(n(Cc4ccccn4)c4ccccc34)C(=O)C[C@H]1C2C(=O)OC. The van der Waals surface area contributed by atoms with Crippen LogP contribution in [0.3, 0.4) is 0 Å². The molecule has 1 aliphatic carbocycles. The van der Waals surface area contributed by atoms with Crippen LogP contribution in [0.15, 0.2) is 48.7 Å². The predicted octanol–water partition coefficient (Wildman–Crippen LogP) is 3.96. The highest BCUT2D eigenvalue weighted by molar-refractivity contribution is 6.03. The summed E-state index contributed by atoms with van der Waals surface area (Å²) in [5, 5.41) is 1.09. The van der Waals surface area contributed by atoms with Crippen molar-refractivity contribution in [1.82, 2.24) is 14.5 Å². The third kappa shape index (κ3) is 3.66. The van der Waals surface area contributed by atoms with Crippen molar-refractivity contribution in [3.8, 4) is 0 Å². The van der Waals surface area contributed by atoms with E-state index in [-0.39, 0.29) is 35.5 Å². The fraction of sp³-hybridized carbons (Fsp3) is 0.444. The number of ether oxygens (including phenoxy) is 1. The summed E-state index contributed by atoms with van der Waals surface area (Å²) in [7, 11) is 3.57. The zero-order chi connectivity index (χ0) is 23.1. The van der Waals surface area contributed by atoms with Crippen molar-refractivity contribution in [1.29, 1.82) is 0 Å². The van der Waals surface area contributed by atoms with Gasteiger partial charge in [0.2, 0.25) is 0 Å². The highest BCUT2D eigenvalue weighted by Gasteiger charge is 2.49. The van der Waals surface area contributed by atoms with Crippen LogP contribution in [-0.4, -0.2) is 52.9 Å². The van der Waals surface area contributed by atoms with E-state index in [2.05, 4.69) is 40.6 Å². The molecule has 0 saturated carbocycles. The molecule has 3 aromatic rings. The molecule has 0 radical (unpaired) electrons. The number of carbonyl (C=O) groups is 2. The number of piperidine rings is 1. The number of rotatable bonds is 4. The van der Waals surface area contributed by atoms with Gasteiger partial charge < -0.3 is 14.2 Å². The van der Waals surface area contributed by atoms with Gasteiger partial charge in [-0.15, -0.1) is 0 Å². The maximum Gasteiger partial charge on any atom is 0.310 e. The lowest BCUT2D eigenvalue weighted by Gasteiger charge is -2.48. The largest absolute Gasteiger partial charge is 0.469 e. The second kappa shape index (κ2) is 8.75. The Bertz CT molecular complexity index is 1190. The van der Waals surface area contributed by atoms with Gasteiger partial charge in [0.1, 0.15) is 0 Å². The van der Waals surface area contributed by atoms with Crippen molar-refractivity contribution in [2.45, 2.75) is 38.8 Å². The highest BCUT2D eigenvalue weighted by atomic mass is 16.5. The van der Waals surface area contributed by atoms with Crippen LogP contribution in [0.5, 0.6) is 0 Å². The van der Waals surface area contributed by atoms with Gasteiger partial charge in [0.15, 0.2) is 5.78 Å². The summed E-state index contributed by atoms with van der Waals surface area (Å²) in [4.78, 5) is 33.8. The minimum absolute atomic E-state index is 0.00575. The van der Waals surface area contributed by atoms with E-state index in [0.29, 0.717) is 19.4 Å². The van der Waals surface area contributed by atoms with E-state index in [9.17, 15) is 9.59 Å². The Labute approximate surface area is 194 Å². The van der Waals surface area contributed by atoms with Gasteiger partial charge in [-0.25, -0.2) is 0 Å². The average molecular weight is 446 g/mol. The fourth-order valence-corrected chi connectivity index (χ4v) is 6.21. The summed E-state index contributed by atoms with van der Waals surface area (Å²) in [6, 6.07) is 14.1. The molecule has 3 heterocycles. The molecule has 1 aliphatic heterocycles. The Balaban J connectivity index is 1.70. The molecule has 6 nitrogen and oxygen atoms in total. The van der Waals surface area contributed by atoms with Gasteiger partial charge in [-0.2, -0.15) is 0 Å². The second-order valence-electron chi connectivity index (χ2n) is 9.47. The van der Waals surface area contributed by atoms with E-state index in [0.717, 1.165) is 40.8 Å². The van der Waals surface area contributed by atoms with Crippen molar-refractivity contribution in [3.05, 3.63) is 65.6 Å². The summed E-state index contributed by atoms with van der Waals surface area (Å²) in [6.07, 6.45) is 3.75. The summed E-state index contributed by atoms with van der Waals surface area (Å²) in [6.45, 7) is 3.60. The summed E-state index contributed by atoms with van der Waals surface area (Å²) < 4.78 is 7.41. The zero-order valence-corrected chi connectivity index (χ0v) is 19.5. The van der Waals surface area contributed by atoms with Crippen molar-refractivity contribution < 1.29 is 14.3 Å². The molecule has 1 unspecified atom stereocenters. The quantitative estimate of drug-likeness (QED) is 0.569. The number of nitrogens with zero attached hydrogens (tertiary/aromatic N) is 3. The van der Waals surface area contributed by atoms with Crippen LogP contribution in [0, 0.1) is 17.8 Å². The Morgan fingerprint density at radius 2 is 1.94 bits per heavy atom. The molecule has 4 atom stereocenters. The number of aromatic nitrogens is 2. The molecule has 33 heavy (non-hydrogen) atoms. The van der Waals surface area contributed by atoms with Crippen molar-refractivity contribution >= 4 is 22.7 Å². The van der Waals surface area contributed by atoms with Crippen LogP contribution >= 0.6 is 0 Å². The number of Topliss-reactive ketones (excluding diaryl/α,β-unsaturated/α-hetero) is 1.